The van der Waals surface area contributed by atoms with Crippen LogP contribution in [0.3, 0.4) is 0 Å². The van der Waals surface area contributed by atoms with Crippen LogP contribution in [0.25, 0.3) is 10.9 Å². The lowest BCUT2D eigenvalue weighted by Gasteiger charge is -2.30. The summed E-state index contributed by atoms with van der Waals surface area (Å²) in [5.74, 6) is -0.573. The number of hydrogen-bond acceptors (Lipinski definition) is 6. The van der Waals surface area contributed by atoms with Crippen LogP contribution in [0.1, 0.15) is 23.7 Å². The van der Waals surface area contributed by atoms with Crippen LogP contribution in [0.4, 0.5) is 11.4 Å². The van der Waals surface area contributed by atoms with Crippen LogP contribution in [0.5, 0.6) is 0 Å². The van der Waals surface area contributed by atoms with Gasteiger partial charge in [-0.05, 0) is 67.0 Å². The molecular weight excluding hydrogens is 490 g/mol. The minimum atomic E-state index is -0.727. The van der Waals surface area contributed by atoms with E-state index in [9.17, 15) is 14.4 Å². The Hall–Kier alpha value is -3.60. The molecule has 0 aliphatic carbocycles. The van der Waals surface area contributed by atoms with E-state index in [4.69, 9.17) is 17.0 Å². The number of thiocarbonyl (C=S) groups is 1. The summed E-state index contributed by atoms with van der Waals surface area (Å²) in [7, 11) is 0. The van der Waals surface area contributed by atoms with Gasteiger partial charge in [-0.1, -0.05) is 6.07 Å². The van der Waals surface area contributed by atoms with Gasteiger partial charge in [-0.2, -0.15) is 0 Å². The molecule has 2 aromatic carbocycles. The summed E-state index contributed by atoms with van der Waals surface area (Å²) in [6.45, 7) is 5.70. The van der Waals surface area contributed by atoms with E-state index >= 15 is 0 Å². The number of amides is 2. The number of ketones is 1. The van der Waals surface area contributed by atoms with Crippen molar-refractivity contribution in [3.05, 3.63) is 60.3 Å². The zero-order valence-electron chi connectivity index (χ0n) is 20.6. The summed E-state index contributed by atoms with van der Waals surface area (Å²) >= 11 is 5.76. The van der Waals surface area contributed by atoms with Crippen LogP contribution in [0, 0.1) is 0 Å². The predicted molar refractivity (Wildman–Crippen MR) is 146 cm³/mol. The van der Waals surface area contributed by atoms with Crippen LogP contribution in [0.15, 0.2) is 54.7 Å². The number of morpholine rings is 1. The Labute approximate surface area is 220 Å². The molecule has 2 amide bonds. The number of fused-ring (bicyclic) bond motifs is 1. The molecule has 1 unspecified atom stereocenters. The van der Waals surface area contributed by atoms with Crippen LogP contribution in [-0.2, 0) is 14.3 Å². The molecule has 1 atom stereocenters. The normalized spacial score (nSPS) is 18.6. The summed E-state index contributed by atoms with van der Waals surface area (Å²) in [4.78, 5) is 47.1. The molecule has 1 aromatic heterocycles. The van der Waals surface area contributed by atoms with Crippen molar-refractivity contribution in [2.75, 3.05) is 49.6 Å². The average Bonchev–Trinajstić information content (AvgIpc) is 3.45. The Balaban J connectivity index is 1.34. The minimum Gasteiger partial charge on any atom is -0.379 e. The summed E-state index contributed by atoms with van der Waals surface area (Å²) in [5.41, 5.74) is 2.71. The van der Waals surface area contributed by atoms with E-state index < -0.39 is 6.04 Å². The molecule has 2 fully saturated rings. The zero-order chi connectivity index (χ0) is 25.9. The molecule has 5 rings (SSSR count). The fourth-order valence-corrected chi connectivity index (χ4v) is 5.17. The van der Waals surface area contributed by atoms with Crippen LogP contribution < -0.4 is 10.2 Å². The molecule has 0 bridgehead atoms. The SMILES string of the molecule is CC(=O)c1ccc(N2C(=O)C(CC(=O)Nc3ccc4cc[nH]c4c3)N(CCN3CCOCC3)C2=S)cc1. The van der Waals surface area contributed by atoms with Crippen molar-refractivity contribution in [2.24, 2.45) is 0 Å². The molecule has 2 aliphatic rings. The number of H-pyrrole nitrogens is 1. The Morgan fingerprint density at radius 1 is 1.08 bits per heavy atom. The van der Waals surface area contributed by atoms with Crippen molar-refractivity contribution in [3.63, 3.8) is 0 Å². The third-order valence-electron chi connectivity index (χ3n) is 6.83. The summed E-state index contributed by atoms with van der Waals surface area (Å²) in [6, 6.07) is 13.7. The number of carbonyl (C=O) groups excluding carboxylic acids is 3. The first-order chi connectivity index (χ1) is 17.9. The third kappa shape index (κ3) is 5.41. The quantitative estimate of drug-likeness (QED) is 0.349. The maximum atomic E-state index is 13.6. The van der Waals surface area contributed by atoms with Gasteiger partial charge in [0, 0.05) is 49.1 Å². The first-order valence-corrected chi connectivity index (χ1v) is 12.7. The van der Waals surface area contributed by atoms with E-state index in [1.807, 2.05) is 35.4 Å². The molecule has 2 saturated heterocycles. The van der Waals surface area contributed by atoms with Crippen LogP contribution in [-0.4, -0.2) is 82.9 Å². The topological polar surface area (TPSA) is 98.0 Å². The standard InChI is InChI=1S/C27H29N5O4S/c1-18(33)19-3-6-22(7-4-19)32-26(35)24(31(27(32)37)11-10-30-12-14-36-15-13-30)17-25(34)29-21-5-2-20-8-9-28-23(20)16-21/h2-9,16,24,28H,10-15,17H2,1H3,(H,29,34). The van der Waals surface area contributed by atoms with Crippen molar-refractivity contribution < 1.29 is 19.1 Å². The highest BCUT2D eigenvalue weighted by molar-refractivity contribution is 7.80. The number of nitrogens with zero attached hydrogens (tertiary/aromatic N) is 3. The monoisotopic (exact) mass is 519 g/mol. The number of rotatable bonds is 8. The van der Waals surface area contributed by atoms with Crippen molar-refractivity contribution in [1.29, 1.82) is 0 Å². The van der Waals surface area contributed by atoms with E-state index in [1.165, 1.54) is 11.8 Å². The van der Waals surface area contributed by atoms with E-state index in [0.29, 0.717) is 48.4 Å². The van der Waals surface area contributed by atoms with Crippen LogP contribution in [0.2, 0.25) is 0 Å². The largest absolute Gasteiger partial charge is 0.379 e. The second kappa shape index (κ2) is 10.8. The second-order valence-corrected chi connectivity index (χ2v) is 9.62. The second-order valence-electron chi connectivity index (χ2n) is 9.25. The number of aromatic amines is 1. The van der Waals surface area contributed by atoms with Gasteiger partial charge in [0.25, 0.3) is 5.91 Å². The van der Waals surface area contributed by atoms with Crippen molar-refractivity contribution in [1.82, 2.24) is 14.8 Å². The van der Waals surface area contributed by atoms with Gasteiger partial charge in [-0.3, -0.25) is 24.2 Å². The molecule has 10 heteroatoms. The van der Waals surface area contributed by atoms with Gasteiger partial charge in [0.05, 0.1) is 25.3 Å². The fraction of sp³-hybridized carbons (Fsp3) is 0.333. The molecule has 37 heavy (non-hydrogen) atoms. The maximum Gasteiger partial charge on any atom is 0.256 e. The van der Waals surface area contributed by atoms with Crippen LogP contribution >= 0.6 is 12.2 Å². The molecule has 192 valence electrons. The van der Waals surface area contributed by atoms with Gasteiger partial charge < -0.3 is 19.9 Å². The van der Waals surface area contributed by atoms with E-state index in [-0.39, 0.29) is 24.0 Å². The number of anilines is 2. The van der Waals surface area contributed by atoms with E-state index in [0.717, 1.165) is 24.0 Å². The van der Waals surface area contributed by atoms with Gasteiger partial charge >= 0.3 is 0 Å². The van der Waals surface area contributed by atoms with Crippen molar-refractivity contribution in [2.45, 2.75) is 19.4 Å². The summed E-state index contributed by atoms with van der Waals surface area (Å²) in [6.07, 6.45) is 1.81. The molecule has 0 radical (unpaired) electrons. The smallest absolute Gasteiger partial charge is 0.256 e. The lowest BCUT2D eigenvalue weighted by molar-refractivity contribution is -0.124. The highest BCUT2D eigenvalue weighted by atomic mass is 32.1. The molecule has 0 saturated carbocycles. The Morgan fingerprint density at radius 2 is 1.84 bits per heavy atom. The Morgan fingerprint density at radius 3 is 2.57 bits per heavy atom. The van der Waals surface area contributed by atoms with Gasteiger partial charge in [0.15, 0.2) is 10.9 Å². The van der Waals surface area contributed by atoms with Gasteiger partial charge in [-0.15, -0.1) is 0 Å². The predicted octanol–water partition coefficient (Wildman–Crippen LogP) is 3.03. The van der Waals surface area contributed by atoms with Gasteiger partial charge in [0.2, 0.25) is 5.91 Å². The first-order valence-electron chi connectivity index (χ1n) is 12.3. The van der Waals surface area contributed by atoms with Crippen molar-refractivity contribution in [3.8, 4) is 0 Å². The van der Waals surface area contributed by atoms with Gasteiger partial charge in [0.1, 0.15) is 6.04 Å². The Kier molecular flexibility index (Phi) is 7.31. The lowest BCUT2D eigenvalue weighted by atomic mass is 10.1. The fourth-order valence-electron chi connectivity index (χ4n) is 4.76. The van der Waals surface area contributed by atoms with E-state index in [1.54, 1.807) is 24.3 Å². The number of Topliss-reactive ketones (excluding diaryl/α,β-unsaturated/α-hetero) is 1. The average molecular weight is 520 g/mol. The summed E-state index contributed by atoms with van der Waals surface area (Å²) in [5, 5.41) is 4.33. The number of aromatic nitrogens is 1. The molecule has 0 spiro atoms. The first kappa shape index (κ1) is 25.1. The van der Waals surface area contributed by atoms with Crippen molar-refractivity contribution >= 4 is 57.2 Å². The minimum absolute atomic E-state index is 0.0348. The highest BCUT2D eigenvalue weighted by Crippen LogP contribution is 2.28. The summed E-state index contributed by atoms with van der Waals surface area (Å²) < 4.78 is 5.44. The number of hydrogen-bond donors (Lipinski definition) is 2. The Bertz CT molecular complexity index is 1330. The molecule has 2 N–H and O–H groups in total. The molecular formula is C27H29N5O4S. The highest BCUT2D eigenvalue weighted by Gasteiger charge is 2.44. The number of ether oxygens (including phenoxy) is 1. The lowest BCUT2D eigenvalue weighted by Crippen LogP contribution is -2.45. The third-order valence-corrected chi connectivity index (χ3v) is 7.25. The molecule has 2 aliphatic heterocycles. The molecule has 3 aromatic rings. The molecule has 9 nitrogen and oxygen atoms in total. The van der Waals surface area contributed by atoms with E-state index in [2.05, 4.69) is 15.2 Å². The maximum absolute atomic E-state index is 13.6. The number of carbonyl (C=O) groups is 3. The van der Waals surface area contributed by atoms with Gasteiger partial charge in [-0.25, -0.2) is 0 Å². The molecule has 3 heterocycles. The zero-order valence-corrected chi connectivity index (χ0v) is 21.4. The number of benzene rings is 2. The number of nitrogens with one attached hydrogen (secondary N) is 2.